The van der Waals surface area contributed by atoms with E-state index in [2.05, 4.69) is 5.32 Å². The molecule has 1 aliphatic rings. The van der Waals surface area contributed by atoms with Gasteiger partial charge in [0, 0.05) is 19.1 Å². The summed E-state index contributed by atoms with van der Waals surface area (Å²) in [5, 5.41) is 12.8. The number of carbonyl (C=O) groups excluding carboxylic acids is 2. The van der Waals surface area contributed by atoms with Crippen molar-refractivity contribution in [2.24, 2.45) is 11.7 Å². The van der Waals surface area contributed by atoms with Crippen LogP contribution in [0.1, 0.15) is 26.7 Å². The molecule has 1 rings (SSSR count). The van der Waals surface area contributed by atoms with Crippen molar-refractivity contribution in [2.75, 3.05) is 26.2 Å². The second kappa shape index (κ2) is 8.06. The maximum absolute atomic E-state index is 11.5. The first-order chi connectivity index (χ1) is 9.46. The van der Waals surface area contributed by atoms with Gasteiger partial charge in [-0.25, -0.2) is 4.79 Å². The van der Waals surface area contributed by atoms with Gasteiger partial charge in [0.2, 0.25) is 5.91 Å². The molecule has 3 unspecified atom stereocenters. The topological polar surface area (TPSA) is 105 Å². The molecule has 116 valence electrons. The molecule has 0 aromatic heterocycles. The van der Waals surface area contributed by atoms with Gasteiger partial charge < -0.3 is 20.9 Å². The first-order valence-electron chi connectivity index (χ1n) is 7.08. The molecular formula is C13H25N3O4. The van der Waals surface area contributed by atoms with Crippen LogP contribution in [0, 0.1) is 5.92 Å². The number of aliphatic hydroxyl groups excluding tert-OH is 1. The highest BCUT2D eigenvalue weighted by atomic mass is 16.5. The summed E-state index contributed by atoms with van der Waals surface area (Å²) in [7, 11) is 0. The summed E-state index contributed by atoms with van der Waals surface area (Å²) < 4.78 is 4.86. The standard InChI is InChI=1S/C13H25N3O4/c1-3-11(17)9-5-10(15-13(19)20-4-2)7-16(6-9)8-12(14)18/h9-11,17H,3-8H2,1-2H3,(H2,14,18)(H,15,19). The quantitative estimate of drug-likeness (QED) is 0.621. The first-order valence-corrected chi connectivity index (χ1v) is 7.08. The Hall–Kier alpha value is -1.34. The van der Waals surface area contributed by atoms with Crippen LogP contribution in [-0.2, 0) is 9.53 Å². The lowest BCUT2D eigenvalue weighted by Gasteiger charge is -2.39. The minimum Gasteiger partial charge on any atom is -0.450 e. The molecule has 7 nitrogen and oxygen atoms in total. The van der Waals surface area contributed by atoms with E-state index in [0.29, 0.717) is 32.5 Å². The van der Waals surface area contributed by atoms with Crippen molar-refractivity contribution in [3.63, 3.8) is 0 Å². The van der Waals surface area contributed by atoms with Gasteiger partial charge in [-0.05, 0) is 25.7 Å². The van der Waals surface area contributed by atoms with Crippen LogP contribution in [0.15, 0.2) is 0 Å². The lowest BCUT2D eigenvalue weighted by molar-refractivity contribution is -0.120. The fraction of sp³-hybridized carbons (Fsp3) is 0.846. The summed E-state index contributed by atoms with van der Waals surface area (Å²) >= 11 is 0. The highest BCUT2D eigenvalue weighted by molar-refractivity contribution is 5.76. The number of alkyl carbamates (subject to hydrolysis) is 1. The molecule has 20 heavy (non-hydrogen) atoms. The Kier molecular flexibility index (Phi) is 6.74. The van der Waals surface area contributed by atoms with Crippen LogP contribution in [0.4, 0.5) is 4.79 Å². The number of ether oxygens (including phenoxy) is 1. The third kappa shape index (κ3) is 5.34. The molecule has 3 atom stereocenters. The molecule has 0 spiro atoms. The molecule has 1 aliphatic heterocycles. The van der Waals surface area contributed by atoms with Crippen LogP contribution in [-0.4, -0.2) is 60.4 Å². The zero-order chi connectivity index (χ0) is 15.1. The number of hydrogen-bond donors (Lipinski definition) is 3. The lowest BCUT2D eigenvalue weighted by atomic mass is 9.88. The maximum Gasteiger partial charge on any atom is 0.407 e. The van der Waals surface area contributed by atoms with Crippen molar-refractivity contribution < 1.29 is 19.4 Å². The van der Waals surface area contributed by atoms with Gasteiger partial charge in [-0.1, -0.05) is 6.92 Å². The van der Waals surface area contributed by atoms with Crippen LogP contribution >= 0.6 is 0 Å². The van der Waals surface area contributed by atoms with Crippen LogP contribution in [0.2, 0.25) is 0 Å². The van der Waals surface area contributed by atoms with Crippen molar-refractivity contribution in [1.29, 1.82) is 0 Å². The number of carbonyl (C=O) groups is 2. The molecule has 0 aromatic rings. The molecule has 0 bridgehead atoms. The fourth-order valence-corrected chi connectivity index (χ4v) is 2.64. The number of primary amides is 1. The fourth-order valence-electron chi connectivity index (χ4n) is 2.64. The highest BCUT2D eigenvalue weighted by Crippen LogP contribution is 2.21. The van der Waals surface area contributed by atoms with Gasteiger partial charge >= 0.3 is 6.09 Å². The molecule has 0 aliphatic carbocycles. The molecule has 1 saturated heterocycles. The number of rotatable bonds is 6. The monoisotopic (exact) mass is 287 g/mol. The summed E-state index contributed by atoms with van der Waals surface area (Å²) in [6.45, 7) is 5.24. The molecule has 2 amide bonds. The average molecular weight is 287 g/mol. The number of piperidine rings is 1. The van der Waals surface area contributed by atoms with E-state index < -0.39 is 18.1 Å². The third-order valence-corrected chi connectivity index (χ3v) is 3.50. The molecule has 0 saturated carbocycles. The second-order valence-electron chi connectivity index (χ2n) is 5.19. The van der Waals surface area contributed by atoms with E-state index in [1.165, 1.54) is 0 Å². The second-order valence-corrected chi connectivity index (χ2v) is 5.19. The largest absolute Gasteiger partial charge is 0.450 e. The summed E-state index contributed by atoms with van der Waals surface area (Å²) in [5.41, 5.74) is 5.22. The van der Waals surface area contributed by atoms with Crippen LogP contribution < -0.4 is 11.1 Å². The van der Waals surface area contributed by atoms with E-state index in [4.69, 9.17) is 10.5 Å². The maximum atomic E-state index is 11.5. The van der Waals surface area contributed by atoms with Crippen LogP contribution in [0.3, 0.4) is 0 Å². The predicted octanol–water partition coefficient (Wildman–Crippen LogP) is -0.321. The van der Waals surface area contributed by atoms with E-state index in [9.17, 15) is 14.7 Å². The van der Waals surface area contributed by atoms with Gasteiger partial charge in [0.05, 0.1) is 19.3 Å². The smallest absolute Gasteiger partial charge is 0.407 e. The first kappa shape index (κ1) is 16.7. The molecule has 7 heteroatoms. The predicted molar refractivity (Wildman–Crippen MR) is 74.0 cm³/mol. The Labute approximate surface area is 119 Å². The summed E-state index contributed by atoms with van der Waals surface area (Å²) in [4.78, 5) is 24.4. The summed E-state index contributed by atoms with van der Waals surface area (Å²) in [6.07, 6.45) is 0.393. The van der Waals surface area contributed by atoms with Crippen LogP contribution in [0.5, 0.6) is 0 Å². The van der Waals surface area contributed by atoms with Crippen molar-refractivity contribution in [1.82, 2.24) is 10.2 Å². The van der Waals surface area contributed by atoms with Crippen molar-refractivity contribution in [3.8, 4) is 0 Å². The lowest BCUT2D eigenvalue weighted by Crippen LogP contribution is -2.54. The van der Waals surface area contributed by atoms with Crippen molar-refractivity contribution in [2.45, 2.75) is 38.8 Å². The number of hydrogen-bond acceptors (Lipinski definition) is 5. The highest BCUT2D eigenvalue weighted by Gasteiger charge is 2.32. The van der Waals surface area contributed by atoms with Crippen LogP contribution in [0.25, 0.3) is 0 Å². The van der Waals surface area contributed by atoms with Gasteiger partial charge in [0.1, 0.15) is 0 Å². The van der Waals surface area contributed by atoms with Crippen molar-refractivity contribution >= 4 is 12.0 Å². The average Bonchev–Trinajstić information content (AvgIpc) is 2.36. The van der Waals surface area contributed by atoms with Gasteiger partial charge in [-0.2, -0.15) is 0 Å². The number of amides is 2. The zero-order valence-electron chi connectivity index (χ0n) is 12.2. The number of aliphatic hydroxyl groups is 1. The molecule has 4 N–H and O–H groups in total. The normalized spacial score (nSPS) is 24.9. The van der Waals surface area contributed by atoms with Gasteiger partial charge in [-0.15, -0.1) is 0 Å². The number of nitrogens with two attached hydrogens (primary N) is 1. The molecule has 1 fully saturated rings. The Balaban J connectivity index is 2.63. The van der Waals surface area contributed by atoms with Gasteiger partial charge in [0.25, 0.3) is 0 Å². The number of nitrogens with one attached hydrogen (secondary N) is 1. The van der Waals surface area contributed by atoms with E-state index in [1.807, 2.05) is 11.8 Å². The molecule has 0 radical (unpaired) electrons. The molecular weight excluding hydrogens is 262 g/mol. The van der Waals surface area contributed by atoms with E-state index in [1.54, 1.807) is 6.92 Å². The van der Waals surface area contributed by atoms with E-state index in [0.717, 1.165) is 0 Å². The summed E-state index contributed by atoms with van der Waals surface area (Å²) in [5.74, 6) is -0.397. The number of likely N-dealkylation sites (tertiary alicyclic amines) is 1. The Morgan fingerprint density at radius 3 is 2.70 bits per heavy atom. The minimum absolute atomic E-state index is 0.0139. The zero-order valence-corrected chi connectivity index (χ0v) is 12.2. The number of nitrogens with zero attached hydrogens (tertiary/aromatic N) is 1. The van der Waals surface area contributed by atoms with Gasteiger partial charge in [-0.3, -0.25) is 9.69 Å². The molecule has 0 aromatic carbocycles. The van der Waals surface area contributed by atoms with E-state index >= 15 is 0 Å². The van der Waals surface area contributed by atoms with E-state index in [-0.39, 0.29) is 18.5 Å². The SMILES string of the molecule is CCOC(=O)NC1CC(C(O)CC)CN(CC(N)=O)C1. The summed E-state index contributed by atoms with van der Waals surface area (Å²) in [6, 6.07) is -0.145. The minimum atomic E-state index is -0.469. The molecule has 1 heterocycles. The Morgan fingerprint density at radius 2 is 2.15 bits per heavy atom. The Morgan fingerprint density at radius 1 is 1.45 bits per heavy atom. The van der Waals surface area contributed by atoms with Gasteiger partial charge in [0.15, 0.2) is 0 Å². The van der Waals surface area contributed by atoms with Crippen molar-refractivity contribution in [3.05, 3.63) is 0 Å². The Bertz CT molecular complexity index is 338. The third-order valence-electron chi connectivity index (χ3n) is 3.50.